The molecular formula is C36H29BF2N2. The van der Waals surface area contributed by atoms with Crippen LogP contribution >= 0.6 is 0 Å². The second-order valence-corrected chi connectivity index (χ2v) is 11.5. The van der Waals surface area contributed by atoms with Gasteiger partial charge in [-0.3, -0.25) is 0 Å². The number of para-hydroxylation sites is 3. The van der Waals surface area contributed by atoms with E-state index in [1.165, 1.54) is 30.9 Å². The molecule has 5 heteroatoms. The maximum absolute atomic E-state index is 16.1. The minimum absolute atomic E-state index is 0.295. The predicted octanol–water partition coefficient (Wildman–Crippen LogP) is 8.10. The van der Waals surface area contributed by atoms with Gasteiger partial charge in [0.15, 0.2) is 0 Å². The van der Waals surface area contributed by atoms with Gasteiger partial charge >= 0.3 is 0 Å². The minimum Gasteiger partial charge on any atom is -0.311 e. The van der Waals surface area contributed by atoms with Crippen LogP contribution in [0.2, 0.25) is 0 Å². The zero-order valence-electron chi connectivity index (χ0n) is 22.7. The number of hydrogen-bond acceptors (Lipinski definition) is 2. The summed E-state index contributed by atoms with van der Waals surface area (Å²) in [6.07, 6.45) is 6.05. The number of nitrogens with zero attached hydrogens (tertiary/aromatic N) is 2. The Kier molecular flexibility index (Phi) is 5.73. The Bertz CT molecular complexity index is 1770. The molecular weight excluding hydrogens is 509 g/mol. The average Bonchev–Trinajstić information content (AvgIpc) is 3.02. The summed E-state index contributed by atoms with van der Waals surface area (Å²) in [6, 6.07) is 36.0. The molecule has 0 N–H and O–H groups in total. The van der Waals surface area contributed by atoms with Crippen molar-refractivity contribution in [3.63, 3.8) is 0 Å². The molecule has 0 atom stereocenters. The number of benzene rings is 5. The first-order valence-electron chi connectivity index (χ1n) is 14.6. The van der Waals surface area contributed by atoms with Gasteiger partial charge in [0.25, 0.3) is 6.71 Å². The standard InChI is InChI=1S/C36H29BF2N2/c38-26-22-30-36(31(39)23-26)41(28-16-8-3-9-17-28)34-21-25(24-12-4-1-5-13-24)20-33-35(34)37(30)29-18-10-11-19-32(29)40(33)27-14-6-2-7-15-27/h2-3,6-11,14-24H,1,4-5,12-13H2. The number of halogens is 2. The maximum atomic E-state index is 16.1. The molecule has 1 saturated carbocycles. The third kappa shape index (κ3) is 3.82. The topological polar surface area (TPSA) is 6.48 Å². The zero-order chi connectivity index (χ0) is 27.5. The lowest BCUT2D eigenvalue weighted by Crippen LogP contribution is -2.61. The lowest BCUT2D eigenvalue weighted by molar-refractivity contribution is 0.444. The minimum atomic E-state index is -0.555. The van der Waals surface area contributed by atoms with Crippen LogP contribution in [-0.4, -0.2) is 6.71 Å². The van der Waals surface area contributed by atoms with Gasteiger partial charge in [0, 0.05) is 34.5 Å². The normalized spacial score (nSPS) is 15.8. The first-order chi connectivity index (χ1) is 20.2. The Balaban J connectivity index is 1.50. The summed E-state index contributed by atoms with van der Waals surface area (Å²) in [6.45, 7) is -0.295. The Labute approximate surface area is 240 Å². The summed E-state index contributed by atoms with van der Waals surface area (Å²) in [7, 11) is 0. The molecule has 0 aromatic heterocycles. The van der Waals surface area contributed by atoms with E-state index in [9.17, 15) is 0 Å². The van der Waals surface area contributed by atoms with Gasteiger partial charge in [-0.15, -0.1) is 0 Å². The Hall–Kier alpha value is -4.38. The molecule has 3 aliphatic rings. The van der Waals surface area contributed by atoms with Crippen LogP contribution in [0.3, 0.4) is 0 Å². The third-order valence-electron chi connectivity index (χ3n) is 9.12. The van der Waals surface area contributed by atoms with Crippen LogP contribution in [0.25, 0.3) is 0 Å². The SMILES string of the molecule is Fc1cc(F)c2c(c1)B1c3ccccc3N(c3ccccc3)c3cc(C4CCCCC4)cc(c31)N2c1ccccc1. The number of anilines is 6. The quantitative estimate of drug-likeness (QED) is 0.210. The molecule has 2 aliphatic heterocycles. The van der Waals surface area contributed by atoms with Gasteiger partial charge in [0.2, 0.25) is 0 Å². The lowest BCUT2D eigenvalue weighted by atomic mass is 9.33. The van der Waals surface area contributed by atoms with Crippen molar-refractivity contribution in [1.82, 2.24) is 0 Å². The summed E-state index contributed by atoms with van der Waals surface area (Å²) >= 11 is 0. The predicted molar refractivity (Wildman–Crippen MR) is 166 cm³/mol. The van der Waals surface area contributed by atoms with Crippen molar-refractivity contribution in [2.75, 3.05) is 9.80 Å². The number of rotatable bonds is 3. The van der Waals surface area contributed by atoms with Crippen molar-refractivity contribution in [3.8, 4) is 0 Å². The molecule has 0 unspecified atom stereocenters. The second-order valence-electron chi connectivity index (χ2n) is 11.5. The fourth-order valence-corrected chi connectivity index (χ4v) is 7.39. The van der Waals surface area contributed by atoms with Gasteiger partial charge in [-0.1, -0.05) is 73.9 Å². The van der Waals surface area contributed by atoms with Crippen LogP contribution in [0.15, 0.2) is 109 Å². The zero-order valence-corrected chi connectivity index (χ0v) is 22.7. The highest BCUT2D eigenvalue weighted by Crippen LogP contribution is 2.47. The van der Waals surface area contributed by atoms with Crippen LogP contribution in [0.5, 0.6) is 0 Å². The van der Waals surface area contributed by atoms with Gasteiger partial charge in [0.1, 0.15) is 11.6 Å². The van der Waals surface area contributed by atoms with Crippen LogP contribution in [0, 0.1) is 11.6 Å². The van der Waals surface area contributed by atoms with E-state index in [1.807, 2.05) is 47.4 Å². The summed E-state index contributed by atoms with van der Waals surface area (Å²) < 4.78 is 31.1. The summed E-state index contributed by atoms with van der Waals surface area (Å²) in [4.78, 5) is 4.38. The Morgan fingerprint density at radius 3 is 1.90 bits per heavy atom. The molecule has 5 aromatic rings. The van der Waals surface area contributed by atoms with Crippen molar-refractivity contribution >= 4 is 57.2 Å². The van der Waals surface area contributed by atoms with E-state index >= 15 is 8.78 Å². The molecule has 2 heterocycles. The highest BCUT2D eigenvalue weighted by molar-refractivity contribution is 7.00. The average molecular weight is 538 g/mol. The van der Waals surface area contributed by atoms with Gasteiger partial charge in [-0.05, 0) is 89.2 Å². The van der Waals surface area contributed by atoms with Crippen molar-refractivity contribution in [1.29, 1.82) is 0 Å². The van der Waals surface area contributed by atoms with E-state index in [4.69, 9.17) is 0 Å². The van der Waals surface area contributed by atoms with E-state index in [1.54, 1.807) is 0 Å². The molecule has 200 valence electrons. The molecule has 5 aromatic carbocycles. The molecule has 0 saturated heterocycles. The molecule has 8 rings (SSSR count). The molecule has 0 radical (unpaired) electrons. The Morgan fingerprint density at radius 2 is 1.20 bits per heavy atom. The second kappa shape index (κ2) is 9.62. The van der Waals surface area contributed by atoms with Gasteiger partial charge in [-0.25, -0.2) is 8.78 Å². The lowest BCUT2D eigenvalue weighted by Gasteiger charge is -2.44. The largest absolute Gasteiger partial charge is 0.311 e. The van der Waals surface area contributed by atoms with Crippen LogP contribution in [0.4, 0.5) is 42.9 Å². The fourth-order valence-electron chi connectivity index (χ4n) is 7.39. The monoisotopic (exact) mass is 538 g/mol. The van der Waals surface area contributed by atoms with Crippen molar-refractivity contribution in [2.24, 2.45) is 0 Å². The highest BCUT2D eigenvalue weighted by atomic mass is 19.1. The van der Waals surface area contributed by atoms with E-state index in [2.05, 4.69) is 59.5 Å². The van der Waals surface area contributed by atoms with Crippen molar-refractivity contribution in [3.05, 3.63) is 126 Å². The first kappa shape index (κ1) is 24.4. The van der Waals surface area contributed by atoms with E-state index in [0.717, 1.165) is 58.3 Å². The van der Waals surface area contributed by atoms with E-state index in [0.29, 0.717) is 17.1 Å². The van der Waals surface area contributed by atoms with E-state index < -0.39 is 11.6 Å². The van der Waals surface area contributed by atoms with Crippen LogP contribution in [-0.2, 0) is 0 Å². The van der Waals surface area contributed by atoms with E-state index in [-0.39, 0.29) is 6.71 Å². The van der Waals surface area contributed by atoms with Crippen LogP contribution in [0.1, 0.15) is 43.6 Å². The maximum Gasteiger partial charge on any atom is 0.252 e. The fraction of sp³-hybridized carbons (Fsp3) is 0.167. The van der Waals surface area contributed by atoms with Crippen molar-refractivity contribution < 1.29 is 8.78 Å². The first-order valence-corrected chi connectivity index (χ1v) is 14.6. The van der Waals surface area contributed by atoms with Crippen LogP contribution < -0.4 is 26.2 Å². The molecule has 0 bridgehead atoms. The number of fused-ring (bicyclic) bond motifs is 4. The van der Waals surface area contributed by atoms with Gasteiger partial charge < -0.3 is 9.80 Å². The smallest absolute Gasteiger partial charge is 0.252 e. The Morgan fingerprint density at radius 1 is 0.585 bits per heavy atom. The third-order valence-corrected chi connectivity index (χ3v) is 9.12. The van der Waals surface area contributed by atoms with Crippen molar-refractivity contribution in [2.45, 2.75) is 38.0 Å². The molecule has 0 spiro atoms. The molecule has 0 amide bonds. The molecule has 1 aliphatic carbocycles. The molecule has 2 nitrogen and oxygen atoms in total. The molecule has 1 fully saturated rings. The molecule has 41 heavy (non-hydrogen) atoms. The van der Waals surface area contributed by atoms with Gasteiger partial charge in [-0.2, -0.15) is 0 Å². The summed E-state index contributed by atoms with van der Waals surface area (Å²) in [5, 5.41) is 0. The number of hydrogen-bond donors (Lipinski definition) is 0. The highest BCUT2D eigenvalue weighted by Gasteiger charge is 2.45. The summed E-state index contributed by atoms with van der Waals surface area (Å²) in [5.74, 6) is -0.640. The summed E-state index contributed by atoms with van der Waals surface area (Å²) in [5.41, 5.74) is 9.59. The van der Waals surface area contributed by atoms with Gasteiger partial charge in [0.05, 0.1) is 5.69 Å².